The van der Waals surface area contributed by atoms with Crippen molar-refractivity contribution in [1.82, 2.24) is 10.3 Å². The molecule has 3 heterocycles. The average molecular weight is 387 g/mol. The maximum atomic E-state index is 12.7. The van der Waals surface area contributed by atoms with Crippen LogP contribution in [0.1, 0.15) is 27.0 Å². The molecule has 1 amide bonds. The second-order valence-corrected chi connectivity index (χ2v) is 7.24. The molecule has 29 heavy (non-hydrogen) atoms. The van der Waals surface area contributed by atoms with E-state index in [2.05, 4.69) is 39.5 Å². The normalized spacial score (nSPS) is 14.4. The fourth-order valence-corrected chi connectivity index (χ4v) is 3.78. The Morgan fingerprint density at radius 3 is 2.83 bits per heavy atom. The fourth-order valence-electron chi connectivity index (χ4n) is 3.78. The molecule has 0 radical (unpaired) electrons. The lowest BCUT2D eigenvalue weighted by molar-refractivity contribution is 0.0950. The Labute approximate surface area is 169 Å². The predicted molar refractivity (Wildman–Crippen MR) is 109 cm³/mol. The van der Waals surface area contributed by atoms with Gasteiger partial charge in [-0.15, -0.1) is 0 Å². The summed E-state index contributed by atoms with van der Waals surface area (Å²) >= 11 is 0. The van der Waals surface area contributed by atoms with Gasteiger partial charge in [-0.05, 0) is 41.3 Å². The van der Waals surface area contributed by atoms with Gasteiger partial charge in [-0.2, -0.15) is 0 Å². The average Bonchev–Trinajstić information content (AvgIpc) is 3.25. The van der Waals surface area contributed by atoms with Crippen LogP contribution in [0.2, 0.25) is 0 Å². The summed E-state index contributed by atoms with van der Waals surface area (Å²) in [5.74, 6) is 1.31. The molecule has 0 unspecified atom stereocenters. The van der Waals surface area contributed by atoms with Crippen LogP contribution in [0.4, 0.5) is 5.69 Å². The molecular weight excluding hydrogens is 366 g/mol. The van der Waals surface area contributed by atoms with Gasteiger partial charge in [0.1, 0.15) is 0 Å². The van der Waals surface area contributed by atoms with Gasteiger partial charge in [0.25, 0.3) is 5.91 Å². The van der Waals surface area contributed by atoms with Crippen molar-refractivity contribution in [2.45, 2.75) is 19.5 Å². The number of hydrogen-bond donors (Lipinski definition) is 1. The topological polar surface area (TPSA) is 63.7 Å². The first kappa shape index (κ1) is 17.6. The number of nitrogens with one attached hydrogen (secondary N) is 1. The van der Waals surface area contributed by atoms with Crippen molar-refractivity contribution < 1.29 is 14.3 Å². The minimum absolute atomic E-state index is 0.144. The molecule has 1 aromatic heterocycles. The third-order valence-corrected chi connectivity index (χ3v) is 5.37. The first-order chi connectivity index (χ1) is 14.3. The zero-order valence-corrected chi connectivity index (χ0v) is 15.9. The number of anilines is 1. The zero-order chi connectivity index (χ0) is 19.6. The number of fused-ring (bicyclic) bond motifs is 2. The van der Waals surface area contributed by atoms with E-state index in [1.54, 1.807) is 6.20 Å². The number of nitrogens with zero attached hydrogens (tertiary/aromatic N) is 2. The van der Waals surface area contributed by atoms with Crippen LogP contribution < -0.4 is 19.7 Å². The Morgan fingerprint density at radius 1 is 1.03 bits per heavy atom. The maximum Gasteiger partial charge on any atom is 0.253 e. The van der Waals surface area contributed by atoms with Crippen LogP contribution >= 0.6 is 0 Å². The van der Waals surface area contributed by atoms with Gasteiger partial charge in [-0.3, -0.25) is 9.78 Å². The highest BCUT2D eigenvalue weighted by atomic mass is 16.7. The molecule has 0 saturated carbocycles. The van der Waals surface area contributed by atoms with Gasteiger partial charge in [0.05, 0.1) is 17.4 Å². The van der Waals surface area contributed by atoms with E-state index >= 15 is 0 Å². The van der Waals surface area contributed by atoms with Crippen molar-refractivity contribution in [3.8, 4) is 11.5 Å². The highest BCUT2D eigenvalue weighted by Crippen LogP contribution is 2.32. The van der Waals surface area contributed by atoms with E-state index in [9.17, 15) is 4.79 Å². The summed E-state index contributed by atoms with van der Waals surface area (Å²) in [6, 6.07) is 16.1. The van der Waals surface area contributed by atoms with E-state index in [1.165, 1.54) is 11.1 Å². The van der Waals surface area contributed by atoms with Crippen LogP contribution in [0.5, 0.6) is 11.5 Å². The molecule has 0 fully saturated rings. The SMILES string of the molecule is O=C(NCc1ccc2c(c1)OCO2)c1cncc(N2CCc3ccccc3C2)c1. The minimum Gasteiger partial charge on any atom is -0.454 e. The van der Waals surface area contributed by atoms with Gasteiger partial charge in [0.2, 0.25) is 6.79 Å². The number of amides is 1. The van der Waals surface area contributed by atoms with E-state index in [0.717, 1.165) is 36.5 Å². The number of pyridine rings is 1. The van der Waals surface area contributed by atoms with E-state index in [-0.39, 0.29) is 12.7 Å². The smallest absolute Gasteiger partial charge is 0.253 e. The van der Waals surface area contributed by atoms with Crippen molar-refractivity contribution in [2.75, 3.05) is 18.2 Å². The molecule has 146 valence electrons. The molecule has 0 saturated heterocycles. The second kappa shape index (κ2) is 7.47. The number of rotatable bonds is 4. The molecule has 1 N–H and O–H groups in total. The Balaban J connectivity index is 1.26. The summed E-state index contributed by atoms with van der Waals surface area (Å²) in [7, 11) is 0. The second-order valence-electron chi connectivity index (χ2n) is 7.24. The third kappa shape index (κ3) is 3.61. The lowest BCUT2D eigenvalue weighted by atomic mass is 9.99. The van der Waals surface area contributed by atoms with Gasteiger partial charge >= 0.3 is 0 Å². The van der Waals surface area contributed by atoms with Crippen molar-refractivity contribution in [2.24, 2.45) is 0 Å². The molecule has 0 aliphatic carbocycles. The van der Waals surface area contributed by atoms with Crippen LogP contribution in [0.15, 0.2) is 60.9 Å². The molecule has 0 bridgehead atoms. The monoisotopic (exact) mass is 387 g/mol. The number of carbonyl (C=O) groups is 1. The Kier molecular flexibility index (Phi) is 4.52. The number of carbonyl (C=O) groups excluding carboxylic acids is 1. The summed E-state index contributed by atoms with van der Waals surface area (Å²) < 4.78 is 10.7. The van der Waals surface area contributed by atoms with Crippen LogP contribution in [-0.2, 0) is 19.5 Å². The lowest BCUT2D eigenvalue weighted by Gasteiger charge is -2.30. The first-order valence-electron chi connectivity index (χ1n) is 9.70. The van der Waals surface area contributed by atoms with Crippen molar-refractivity contribution in [1.29, 1.82) is 0 Å². The lowest BCUT2D eigenvalue weighted by Crippen LogP contribution is -2.31. The summed E-state index contributed by atoms with van der Waals surface area (Å²) in [5, 5.41) is 2.96. The van der Waals surface area contributed by atoms with Crippen LogP contribution in [0.25, 0.3) is 0 Å². The minimum atomic E-state index is -0.144. The Hall–Kier alpha value is -3.54. The Bertz CT molecular complexity index is 1070. The van der Waals surface area contributed by atoms with E-state index in [1.807, 2.05) is 30.5 Å². The summed E-state index contributed by atoms with van der Waals surface area (Å²) in [4.78, 5) is 19.2. The first-order valence-corrected chi connectivity index (χ1v) is 9.70. The molecule has 5 rings (SSSR count). The van der Waals surface area contributed by atoms with E-state index in [4.69, 9.17) is 9.47 Å². The van der Waals surface area contributed by atoms with Crippen molar-refractivity contribution >= 4 is 11.6 Å². The van der Waals surface area contributed by atoms with Gasteiger partial charge in [-0.1, -0.05) is 30.3 Å². The molecule has 6 heteroatoms. The molecule has 0 atom stereocenters. The quantitative estimate of drug-likeness (QED) is 0.744. The van der Waals surface area contributed by atoms with Gasteiger partial charge < -0.3 is 19.7 Å². The zero-order valence-electron chi connectivity index (χ0n) is 15.9. The van der Waals surface area contributed by atoms with E-state index in [0.29, 0.717) is 17.9 Å². The molecule has 6 nitrogen and oxygen atoms in total. The van der Waals surface area contributed by atoms with Crippen molar-refractivity contribution in [3.05, 3.63) is 83.2 Å². The number of aromatic nitrogens is 1. The number of ether oxygens (including phenoxy) is 2. The molecular formula is C23H21N3O3. The van der Waals surface area contributed by atoms with Crippen LogP contribution in [-0.4, -0.2) is 24.2 Å². The number of hydrogen-bond acceptors (Lipinski definition) is 5. The van der Waals surface area contributed by atoms with Crippen LogP contribution in [0.3, 0.4) is 0 Å². The number of benzene rings is 2. The van der Waals surface area contributed by atoms with E-state index < -0.39 is 0 Å². The molecule has 2 aromatic carbocycles. The summed E-state index contributed by atoms with van der Waals surface area (Å²) in [5.41, 5.74) is 5.21. The fraction of sp³-hybridized carbons (Fsp3) is 0.217. The predicted octanol–water partition coefficient (Wildman–Crippen LogP) is 3.30. The largest absolute Gasteiger partial charge is 0.454 e. The molecule has 2 aliphatic rings. The summed E-state index contributed by atoms with van der Waals surface area (Å²) in [6.45, 7) is 2.41. The third-order valence-electron chi connectivity index (χ3n) is 5.37. The molecule has 2 aliphatic heterocycles. The standard InChI is InChI=1S/C23H21N3O3/c27-23(25-11-16-5-6-21-22(9-16)29-15-28-21)19-10-20(13-24-12-19)26-8-7-17-3-1-2-4-18(17)14-26/h1-6,9-10,12-13H,7-8,11,14-15H2,(H,25,27). The maximum absolute atomic E-state index is 12.7. The highest BCUT2D eigenvalue weighted by Gasteiger charge is 2.18. The molecule has 0 spiro atoms. The highest BCUT2D eigenvalue weighted by molar-refractivity contribution is 5.94. The summed E-state index contributed by atoms with van der Waals surface area (Å²) in [6.07, 6.45) is 4.43. The molecule has 3 aromatic rings. The van der Waals surface area contributed by atoms with Gasteiger partial charge in [0, 0.05) is 25.8 Å². The van der Waals surface area contributed by atoms with Crippen LogP contribution in [0, 0.1) is 0 Å². The van der Waals surface area contributed by atoms with Gasteiger partial charge in [0.15, 0.2) is 11.5 Å². The van der Waals surface area contributed by atoms with Crippen molar-refractivity contribution in [3.63, 3.8) is 0 Å². The van der Waals surface area contributed by atoms with Gasteiger partial charge in [-0.25, -0.2) is 0 Å². The Morgan fingerprint density at radius 2 is 1.90 bits per heavy atom.